The van der Waals surface area contributed by atoms with Crippen LogP contribution in [-0.4, -0.2) is 22.1 Å². The number of aliphatic hydroxyl groups is 1. The molecule has 1 unspecified atom stereocenters. The Morgan fingerprint density at radius 3 is 2.38 bits per heavy atom. The Bertz CT molecular complexity index is 242. The average molecular weight is 198 g/mol. The predicted octanol–water partition coefficient (Wildman–Crippen LogP) is 2.26. The topological polar surface area (TPSA) is 40.5 Å². The maximum atomic E-state index is 9.05. The van der Waals surface area contributed by atoms with Gasteiger partial charge in [-0.3, -0.25) is 0 Å². The van der Waals surface area contributed by atoms with Crippen LogP contribution in [0.2, 0.25) is 0 Å². The van der Waals surface area contributed by atoms with Crippen LogP contribution in [0.25, 0.3) is 0 Å². The van der Waals surface area contributed by atoms with E-state index in [0.29, 0.717) is 0 Å². The zero-order valence-corrected chi connectivity index (χ0v) is 8.42. The minimum absolute atomic E-state index is 0.196. The van der Waals surface area contributed by atoms with Crippen molar-refractivity contribution in [2.45, 2.75) is 23.5 Å². The van der Waals surface area contributed by atoms with Gasteiger partial charge in [-0.05, 0) is 30.7 Å². The number of phenolic OH excluding ortho intramolecular Hbond substituents is 1. The maximum absolute atomic E-state index is 9.05. The van der Waals surface area contributed by atoms with Gasteiger partial charge in [0.15, 0.2) is 0 Å². The average Bonchev–Trinajstić information content (AvgIpc) is 2.17. The van der Waals surface area contributed by atoms with Crippen molar-refractivity contribution in [1.29, 1.82) is 0 Å². The van der Waals surface area contributed by atoms with Gasteiger partial charge in [0, 0.05) is 10.1 Å². The molecule has 0 amide bonds. The molecule has 2 N–H and O–H groups in total. The quantitative estimate of drug-likeness (QED) is 0.729. The minimum atomic E-state index is 0.196. The zero-order valence-electron chi connectivity index (χ0n) is 7.60. The maximum Gasteiger partial charge on any atom is 0.115 e. The van der Waals surface area contributed by atoms with Crippen molar-refractivity contribution in [3.05, 3.63) is 24.3 Å². The van der Waals surface area contributed by atoms with Crippen LogP contribution in [-0.2, 0) is 0 Å². The number of benzene rings is 1. The smallest absolute Gasteiger partial charge is 0.115 e. The van der Waals surface area contributed by atoms with Gasteiger partial charge in [-0.15, -0.1) is 11.8 Å². The molecule has 0 radical (unpaired) electrons. The third-order valence-electron chi connectivity index (χ3n) is 1.80. The molecule has 0 aliphatic heterocycles. The molecule has 0 heterocycles. The van der Waals surface area contributed by atoms with Crippen molar-refractivity contribution in [3.63, 3.8) is 0 Å². The van der Waals surface area contributed by atoms with E-state index in [-0.39, 0.29) is 17.6 Å². The second kappa shape index (κ2) is 5.14. The number of hydrogen-bond donors (Lipinski definition) is 2. The molecule has 0 aliphatic carbocycles. The van der Waals surface area contributed by atoms with Gasteiger partial charge >= 0.3 is 0 Å². The highest BCUT2D eigenvalue weighted by Crippen LogP contribution is 2.26. The molecule has 3 heteroatoms. The molecule has 0 aromatic heterocycles. The van der Waals surface area contributed by atoms with Crippen LogP contribution in [0.5, 0.6) is 5.75 Å². The Labute approximate surface area is 82.6 Å². The second-order valence-electron chi connectivity index (χ2n) is 2.82. The summed E-state index contributed by atoms with van der Waals surface area (Å²) in [5.41, 5.74) is 0. The summed E-state index contributed by atoms with van der Waals surface area (Å²) >= 11 is 1.64. The summed E-state index contributed by atoms with van der Waals surface area (Å²) in [7, 11) is 0. The summed E-state index contributed by atoms with van der Waals surface area (Å²) in [6.07, 6.45) is 0.946. The Morgan fingerprint density at radius 1 is 1.31 bits per heavy atom. The summed E-state index contributed by atoms with van der Waals surface area (Å²) < 4.78 is 0. The van der Waals surface area contributed by atoms with Gasteiger partial charge in [0.1, 0.15) is 5.75 Å². The molecule has 0 bridgehead atoms. The van der Waals surface area contributed by atoms with Crippen LogP contribution < -0.4 is 0 Å². The van der Waals surface area contributed by atoms with Crippen LogP contribution in [0.4, 0.5) is 0 Å². The van der Waals surface area contributed by atoms with Crippen molar-refractivity contribution in [2.75, 3.05) is 6.61 Å². The summed E-state index contributed by atoms with van der Waals surface area (Å²) in [5.74, 6) is 0.279. The van der Waals surface area contributed by atoms with Crippen LogP contribution in [0.1, 0.15) is 13.3 Å². The van der Waals surface area contributed by atoms with Crippen LogP contribution >= 0.6 is 11.8 Å². The summed E-state index contributed by atoms with van der Waals surface area (Å²) in [6.45, 7) is 2.25. The lowest BCUT2D eigenvalue weighted by Crippen LogP contribution is -2.05. The summed E-state index contributed by atoms with van der Waals surface area (Å²) in [4.78, 5) is 1.08. The van der Waals surface area contributed by atoms with E-state index in [1.807, 2.05) is 19.1 Å². The Morgan fingerprint density at radius 2 is 1.92 bits per heavy atom. The van der Waals surface area contributed by atoms with E-state index < -0.39 is 0 Å². The van der Waals surface area contributed by atoms with Crippen molar-refractivity contribution in [3.8, 4) is 5.75 Å². The highest BCUT2D eigenvalue weighted by molar-refractivity contribution is 8.00. The van der Waals surface area contributed by atoms with Crippen molar-refractivity contribution >= 4 is 11.8 Å². The number of aromatic hydroxyl groups is 1. The first-order valence-corrected chi connectivity index (χ1v) is 5.20. The van der Waals surface area contributed by atoms with E-state index >= 15 is 0 Å². The lowest BCUT2D eigenvalue weighted by Gasteiger charge is -2.10. The van der Waals surface area contributed by atoms with Gasteiger partial charge in [0.25, 0.3) is 0 Å². The highest BCUT2D eigenvalue weighted by atomic mass is 32.2. The third-order valence-corrected chi connectivity index (χ3v) is 3.16. The molecule has 1 rings (SSSR count). The lowest BCUT2D eigenvalue weighted by atomic mass is 10.3. The van der Waals surface area contributed by atoms with E-state index in [1.54, 1.807) is 23.9 Å². The first-order valence-electron chi connectivity index (χ1n) is 4.32. The van der Waals surface area contributed by atoms with Crippen molar-refractivity contribution in [1.82, 2.24) is 0 Å². The largest absolute Gasteiger partial charge is 0.508 e. The first-order chi connectivity index (χ1) is 6.26. The molecule has 2 nitrogen and oxygen atoms in total. The number of phenols is 1. The standard InChI is InChI=1S/C10H14O2S/c1-2-9(7-11)13-10-5-3-8(12)4-6-10/h3-6,9,11-12H,2,7H2,1H3. The molecule has 0 saturated carbocycles. The molecule has 72 valence electrons. The van der Waals surface area contributed by atoms with Gasteiger partial charge in [-0.1, -0.05) is 6.92 Å². The molecule has 1 aromatic carbocycles. The Hall–Kier alpha value is -0.670. The number of rotatable bonds is 4. The van der Waals surface area contributed by atoms with Gasteiger partial charge in [-0.25, -0.2) is 0 Å². The van der Waals surface area contributed by atoms with Crippen molar-refractivity contribution < 1.29 is 10.2 Å². The third kappa shape index (κ3) is 3.28. The molecule has 0 aliphatic rings. The Kier molecular flexibility index (Phi) is 4.12. The molecule has 13 heavy (non-hydrogen) atoms. The fourth-order valence-electron chi connectivity index (χ4n) is 0.967. The van der Waals surface area contributed by atoms with Gasteiger partial charge in [0.05, 0.1) is 6.61 Å². The minimum Gasteiger partial charge on any atom is -0.508 e. The van der Waals surface area contributed by atoms with E-state index in [4.69, 9.17) is 10.2 Å². The molecular weight excluding hydrogens is 184 g/mol. The molecule has 0 spiro atoms. The lowest BCUT2D eigenvalue weighted by molar-refractivity contribution is 0.292. The molecule has 1 atom stereocenters. The van der Waals surface area contributed by atoms with E-state index in [2.05, 4.69) is 0 Å². The fraction of sp³-hybridized carbons (Fsp3) is 0.400. The molecule has 0 fully saturated rings. The second-order valence-corrected chi connectivity index (χ2v) is 4.20. The number of aliphatic hydroxyl groups excluding tert-OH is 1. The predicted molar refractivity (Wildman–Crippen MR) is 55.1 cm³/mol. The molecular formula is C10H14O2S. The molecule has 0 saturated heterocycles. The van der Waals surface area contributed by atoms with Crippen LogP contribution in [0.15, 0.2) is 29.2 Å². The Balaban J connectivity index is 2.58. The number of hydrogen-bond acceptors (Lipinski definition) is 3. The summed E-state index contributed by atoms with van der Waals surface area (Å²) in [5, 5.41) is 18.3. The van der Waals surface area contributed by atoms with E-state index in [1.165, 1.54) is 0 Å². The van der Waals surface area contributed by atoms with Crippen LogP contribution in [0, 0.1) is 0 Å². The van der Waals surface area contributed by atoms with Gasteiger partial charge in [0.2, 0.25) is 0 Å². The van der Waals surface area contributed by atoms with Crippen LogP contribution in [0.3, 0.4) is 0 Å². The monoisotopic (exact) mass is 198 g/mol. The van der Waals surface area contributed by atoms with E-state index in [9.17, 15) is 0 Å². The summed E-state index contributed by atoms with van der Waals surface area (Å²) in [6, 6.07) is 7.04. The first kappa shape index (κ1) is 10.4. The normalized spacial score (nSPS) is 12.8. The SMILES string of the molecule is CCC(CO)Sc1ccc(O)cc1. The van der Waals surface area contributed by atoms with Gasteiger partial charge < -0.3 is 10.2 Å². The van der Waals surface area contributed by atoms with Crippen molar-refractivity contribution in [2.24, 2.45) is 0 Å². The fourth-order valence-corrected chi connectivity index (χ4v) is 1.89. The van der Waals surface area contributed by atoms with E-state index in [0.717, 1.165) is 11.3 Å². The highest BCUT2D eigenvalue weighted by Gasteiger charge is 2.05. The zero-order chi connectivity index (χ0) is 9.68. The van der Waals surface area contributed by atoms with Gasteiger partial charge in [-0.2, -0.15) is 0 Å². The number of thioether (sulfide) groups is 1. The molecule has 1 aromatic rings.